The fraction of sp³-hybridized carbons (Fsp3) is 0.222. The molecule has 0 N–H and O–H groups in total. The minimum Gasteiger partial charge on any atom is -0.509 e. The van der Waals surface area contributed by atoms with Gasteiger partial charge in [-0.1, -0.05) is 128 Å². The standard InChI is InChI=1S/C54H49N4O2.Pt/c1-52(2,3)35-16-14-17-38(27-35)56-33-57(45-20-13-12-19-44(45)56)39-28-37(54(7,8)9)29-41(31-39)59-40-22-23-43-46(32-40)58(48-30-36(25-26-55-48)53(4,5)6)50-49-42-18-11-10-15-34(42)21-24-47(49)60-51(43)50;/h10-30,33H,1-9H3;/q-3;. The van der Waals surface area contributed by atoms with Crippen LogP contribution in [0, 0.1) is 18.8 Å². The van der Waals surface area contributed by atoms with Crippen molar-refractivity contribution in [3.05, 3.63) is 163 Å². The molecule has 310 valence electrons. The number of nitrogens with zero attached hydrogens (tertiary/aromatic N) is 4. The molecule has 0 radical (unpaired) electrons. The van der Waals surface area contributed by atoms with Crippen molar-refractivity contribution in [2.24, 2.45) is 0 Å². The van der Waals surface area contributed by atoms with Crippen LogP contribution in [-0.4, -0.2) is 9.55 Å². The van der Waals surface area contributed by atoms with Crippen LogP contribution in [0.5, 0.6) is 11.5 Å². The van der Waals surface area contributed by atoms with Crippen LogP contribution >= 0.6 is 0 Å². The second-order valence-electron chi connectivity index (χ2n) is 19.1. The summed E-state index contributed by atoms with van der Waals surface area (Å²) in [6.45, 7) is 22.3. The summed E-state index contributed by atoms with van der Waals surface area (Å²) in [7, 11) is 0. The van der Waals surface area contributed by atoms with Gasteiger partial charge >= 0.3 is 0 Å². The Kier molecular flexibility index (Phi) is 9.75. The number of ether oxygens (including phenoxy) is 1. The number of hydrogen-bond acceptors (Lipinski definition) is 5. The van der Waals surface area contributed by atoms with Gasteiger partial charge in [0.1, 0.15) is 17.0 Å². The summed E-state index contributed by atoms with van der Waals surface area (Å²) in [6, 6.07) is 50.1. The minimum atomic E-state index is -0.164. The molecule has 0 unspecified atom stereocenters. The molecule has 0 atom stereocenters. The van der Waals surface area contributed by atoms with Crippen LogP contribution in [-0.2, 0) is 37.3 Å². The molecule has 0 aliphatic carbocycles. The van der Waals surface area contributed by atoms with E-state index in [1.54, 1.807) is 0 Å². The van der Waals surface area contributed by atoms with Crippen LogP contribution in [0.25, 0.3) is 49.6 Å². The second-order valence-corrected chi connectivity index (χ2v) is 19.1. The number of fused-ring (bicyclic) bond motifs is 8. The zero-order valence-electron chi connectivity index (χ0n) is 36.1. The Morgan fingerprint density at radius 3 is 2.07 bits per heavy atom. The molecule has 1 aliphatic heterocycles. The molecule has 0 bridgehead atoms. The van der Waals surface area contributed by atoms with Crippen LogP contribution in [0.4, 0.5) is 22.7 Å². The Hall–Kier alpha value is -5.84. The Labute approximate surface area is 373 Å². The predicted octanol–water partition coefficient (Wildman–Crippen LogP) is 14.8. The smallest absolute Gasteiger partial charge is 0.136 e. The second kappa shape index (κ2) is 14.7. The van der Waals surface area contributed by atoms with Crippen molar-refractivity contribution in [1.82, 2.24) is 9.55 Å². The quantitative estimate of drug-likeness (QED) is 0.161. The van der Waals surface area contributed by atoms with E-state index in [1.165, 1.54) is 11.1 Å². The summed E-state index contributed by atoms with van der Waals surface area (Å²) in [6.07, 6.45) is 1.90. The molecule has 3 aromatic heterocycles. The minimum absolute atomic E-state index is 0. The van der Waals surface area contributed by atoms with E-state index in [0.29, 0.717) is 11.5 Å². The fourth-order valence-electron chi connectivity index (χ4n) is 8.38. The Morgan fingerprint density at radius 2 is 1.31 bits per heavy atom. The summed E-state index contributed by atoms with van der Waals surface area (Å²) in [5.74, 6) is 1.98. The third kappa shape index (κ3) is 7.09. The summed E-state index contributed by atoms with van der Waals surface area (Å²) in [5.41, 5.74) is 11.0. The molecule has 1 aliphatic rings. The SMILES string of the molecule is CC(C)(C)c1cc(Oc2[c-]c3c(cc2)c2oc4ccc5ccccc5c4c2n3-c2cc(C(C)(C)C)ccn2)[c-]c(N2[CH-]N(c3cccc(C(C)(C)C)c3)c3ccccc32)c1.[Pt]. The molecule has 0 saturated carbocycles. The van der Waals surface area contributed by atoms with Crippen LogP contribution in [0.3, 0.4) is 0 Å². The zero-order chi connectivity index (χ0) is 41.7. The number of aromatic nitrogens is 2. The molecule has 0 amide bonds. The van der Waals surface area contributed by atoms with E-state index in [2.05, 4.69) is 211 Å². The molecule has 61 heavy (non-hydrogen) atoms. The van der Waals surface area contributed by atoms with Gasteiger partial charge in [-0.15, -0.1) is 48.3 Å². The van der Waals surface area contributed by atoms with Gasteiger partial charge < -0.3 is 23.5 Å². The summed E-state index contributed by atoms with van der Waals surface area (Å²) < 4.78 is 15.8. The summed E-state index contributed by atoms with van der Waals surface area (Å²) in [5, 5.41) is 4.27. The molecule has 10 rings (SSSR count). The van der Waals surface area contributed by atoms with E-state index in [9.17, 15) is 0 Å². The number of para-hydroxylation sites is 2. The first-order chi connectivity index (χ1) is 28.6. The molecule has 0 spiro atoms. The molecule has 7 heteroatoms. The topological polar surface area (TPSA) is 46.7 Å². The maximum atomic E-state index is 6.84. The van der Waals surface area contributed by atoms with E-state index >= 15 is 0 Å². The molecule has 0 saturated heterocycles. The Bertz CT molecular complexity index is 3140. The van der Waals surface area contributed by atoms with Crippen LogP contribution < -0.4 is 14.5 Å². The van der Waals surface area contributed by atoms with Crippen molar-refractivity contribution in [3.63, 3.8) is 0 Å². The third-order valence-corrected chi connectivity index (χ3v) is 11.8. The zero-order valence-corrected chi connectivity index (χ0v) is 38.4. The van der Waals surface area contributed by atoms with Gasteiger partial charge in [-0.3, -0.25) is 0 Å². The van der Waals surface area contributed by atoms with Gasteiger partial charge in [0.25, 0.3) is 0 Å². The molecule has 6 nitrogen and oxygen atoms in total. The van der Waals surface area contributed by atoms with Crippen molar-refractivity contribution in [2.45, 2.75) is 78.6 Å². The Balaban J connectivity index is 0.00000476. The van der Waals surface area contributed by atoms with Gasteiger partial charge in [-0.2, -0.15) is 6.07 Å². The third-order valence-electron chi connectivity index (χ3n) is 11.8. The first kappa shape index (κ1) is 40.6. The summed E-state index contributed by atoms with van der Waals surface area (Å²) >= 11 is 0. The fourth-order valence-corrected chi connectivity index (χ4v) is 8.38. The Morgan fingerprint density at radius 1 is 0.607 bits per heavy atom. The monoisotopic (exact) mass is 980 g/mol. The van der Waals surface area contributed by atoms with Gasteiger partial charge in [0.2, 0.25) is 0 Å². The summed E-state index contributed by atoms with van der Waals surface area (Å²) in [4.78, 5) is 9.46. The normalized spacial score (nSPS) is 13.4. The molecule has 0 fully saturated rings. The maximum Gasteiger partial charge on any atom is 0.136 e. The average molecular weight is 981 g/mol. The number of furan rings is 1. The van der Waals surface area contributed by atoms with E-state index in [-0.39, 0.29) is 37.3 Å². The first-order valence-corrected chi connectivity index (χ1v) is 20.8. The van der Waals surface area contributed by atoms with Gasteiger partial charge in [-0.25, -0.2) is 4.98 Å². The molecule has 9 aromatic rings. The van der Waals surface area contributed by atoms with E-state index in [1.807, 2.05) is 12.3 Å². The van der Waals surface area contributed by atoms with Gasteiger partial charge in [-0.05, 0) is 80.6 Å². The van der Waals surface area contributed by atoms with Crippen LogP contribution in [0.2, 0.25) is 0 Å². The number of hydrogen-bond donors (Lipinski definition) is 0. The van der Waals surface area contributed by atoms with Crippen molar-refractivity contribution >= 4 is 66.5 Å². The first-order valence-electron chi connectivity index (χ1n) is 20.8. The molecular formula is C54H49N4O2Pt-3. The van der Waals surface area contributed by atoms with Gasteiger partial charge in [0, 0.05) is 55.8 Å². The van der Waals surface area contributed by atoms with Gasteiger partial charge in [0.15, 0.2) is 0 Å². The van der Waals surface area contributed by atoms with Crippen molar-refractivity contribution in [2.75, 3.05) is 9.80 Å². The molecule has 6 aromatic carbocycles. The van der Waals surface area contributed by atoms with Crippen LogP contribution in [0.15, 0.2) is 132 Å². The molecular weight excluding hydrogens is 932 g/mol. The average Bonchev–Trinajstić information content (AvgIpc) is 3.89. The van der Waals surface area contributed by atoms with Crippen LogP contribution in [0.1, 0.15) is 79.0 Å². The number of anilines is 4. The van der Waals surface area contributed by atoms with E-state index < -0.39 is 0 Å². The number of rotatable bonds is 5. The van der Waals surface area contributed by atoms with Crippen molar-refractivity contribution in [3.8, 4) is 17.3 Å². The largest absolute Gasteiger partial charge is 0.509 e. The van der Waals surface area contributed by atoms with E-state index in [4.69, 9.17) is 14.1 Å². The van der Waals surface area contributed by atoms with Gasteiger partial charge in [0.05, 0.1) is 10.9 Å². The maximum absolute atomic E-state index is 6.84. The van der Waals surface area contributed by atoms with Crippen molar-refractivity contribution < 1.29 is 30.2 Å². The van der Waals surface area contributed by atoms with E-state index in [0.717, 1.165) is 77.9 Å². The van der Waals surface area contributed by atoms with Crippen molar-refractivity contribution in [1.29, 1.82) is 0 Å². The predicted molar refractivity (Wildman–Crippen MR) is 248 cm³/mol. The molecule has 4 heterocycles. The number of benzene rings is 6. The number of pyridine rings is 1.